The van der Waals surface area contributed by atoms with E-state index in [1.165, 1.54) is 25.7 Å². The van der Waals surface area contributed by atoms with Crippen molar-refractivity contribution in [3.05, 3.63) is 0 Å². The summed E-state index contributed by atoms with van der Waals surface area (Å²) in [6.45, 7) is 8.82. The summed E-state index contributed by atoms with van der Waals surface area (Å²) in [5.41, 5.74) is 0.328. The third kappa shape index (κ3) is 2.46. The summed E-state index contributed by atoms with van der Waals surface area (Å²) in [6.07, 6.45) is 5.07. The molecule has 1 heteroatoms. The maximum Gasteiger partial charge on any atom is 0.0686 e. The van der Waals surface area contributed by atoms with Crippen LogP contribution in [0.3, 0.4) is 0 Å². The van der Waals surface area contributed by atoms with E-state index >= 15 is 0 Å². The molecule has 0 heterocycles. The summed E-state index contributed by atoms with van der Waals surface area (Å²) in [7, 11) is 0. The second kappa shape index (κ2) is 3.33. The van der Waals surface area contributed by atoms with Crippen molar-refractivity contribution in [3.8, 4) is 6.07 Å². The van der Waals surface area contributed by atoms with Gasteiger partial charge in [-0.3, -0.25) is 0 Å². The van der Waals surface area contributed by atoms with Gasteiger partial charge in [0.15, 0.2) is 0 Å². The van der Waals surface area contributed by atoms with Crippen molar-refractivity contribution in [3.63, 3.8) is 0 Å². The van der Waals surface area contributed by atoms with Gasteiger partial charge in [0.25, 0.3) is 0 Å². The Labute approximate surface area is 82.1 Å². The quantitative estimate of drug-likeness (QED) is 0.601. The van der Waals surface area contributed by atoms with Crippen LogP contribution < -0.4 is 0 Å². The number of hydrogen-bond acceptors (Lipinski definition) is 1. The van der Waals surface area contributed by atoms with Gasteiger partial charge in [-0.1, -0.05) is 20.3 Å². The van der Waals surface area contributed by atoms with E-state index in [4.69, 9.17) is 5.26 Å². The highest BCUT2D eigenvalue weighted by Crippen LogP contribution is 2.45. The molecule has 1 rings (SSSR count). The molecule has 1 aliphatic carbocycles. The minimum atomic E-state index is -0.127. The van der Waals surface area contributed by atoms with Crippen LogP contribution >= 0.6 is 0 Å². The molecular weight excluding hydrogens is 158 g/mol. The van der Waals surface area contributed by atoms with Gasteiger partial charge >= 0.3 is 0 Å². The SMILES string of the molecule is CC1(C)CCCC(C(C)(C)C#N)C1. The zero-order valence-corrected chi connectivity index (χ0v) is 9.35. The second-order valence-corrected chi connectivity index (χ2v) is 5.79. The molecule has 1 fully saturated rings. The van der Waals surface area contributed by atoms with Gasteiger partial charge in [-0.2, -0.15) is 5.26 Å². The van der Waals surface area contributed by atoms with Crippen LogP contribution in [0.25, 0.3) is 0 Å². The molecule has 0 bridgehead atoms. The van der Waals surface area contributed by atoms with Crippen molar-refractivity contribution in [2.45, 2.75) is 53.4 Å². The van der Waals surface area contributed by atoms with Crippen LogP contribution in [-0.4, -0.2) is 0 Å². The molecule has 0 aromatic heterocycles. The first-order chi connectivity index (χ1) is 5.87. The van der Waals surface area contributed by atoms with Crippen LogP contribution in [0.15, 0.2) is 0 Å². The highest BCUT2D eigenvalue weighted by Gasteiger charge is 2.36. The number of hydrogen-bond donors (Lipinski definition) is 0. The Morgan fingerprint density at radius 3 is 2.46 bits per heavy atom. The lowest BCUT2D eigenvalue weighted by Crippen LogP contribution is -2.31. The van der Waals surface area contributed by atoms with E-state index in [1.54, 1.807) is 0 Å². The molecule has 1 unspecified atom stereocenters. The van der Waals surface area contributed by atoms with Gasteiger partial charge in [-0.15, -0.1) is 0 Å². The van der Waals surface area contributed by atoms with Gasteiger partial charge in [-0.05, 0) is 44.4 Å². The maximum absolute atomic E-state index is 9.07. The third-order valence-electron chi connectivity index (χ3n) is 3.51. The molecule has 1 nitrogen and oxygen atoms in total. The summed E-state index contributed by atoms with van der Waals surface area (Å²) in [5.74, 6) is 0.598. The van der Waals surface area contributed by atoms with Crippen molar-refractivity contribution in [2.75, 3.05) is 0 Å². The molecular formula is C12H21N. The summed E-state index contributed by atoms with van der Waals surface area (Å²) < 4.78 is 0. The van der Waals surface area contributed by atoms with Crippen LogP contribution in [0.5, 0.6) is 0 Å². The van der Waals surface area contributed by atoms with E-state index in [1.807, 2.05) is 0 Å². The van der Waals surface area contributed by atoms with E-state index in [0.717, 1.165) is 0 Å². The van der Waals surface area contributed by atoms with Crippen LogP contribution in [-0.2, 0) is 0 Å². The highest BCUT2D eigenvalue weighted by molar-refractivity contribution is 4.99. The standard InChI is InChI=1S/C12H21N/c1-11(2)7-5-6-10(8-11)12(3,4)9-13/h10H,5-8H2,1-4H3. The Balaban J connectivity index is 2.68. The molecule has 0 aromatic rings. The van der Waals surface area contributed by atoms with Gasteiger partial charge in [0.1, 0.15) is 0 Å². The highest BCUT2D eigenvalue weighted by atomic mass is 14.4. The molecule has 0 amide bonds. The fourth-order valence-corrected chi connectivity index (χ4v) is 2.41. The molecule has 0 saturated heterocycles. The average molecular weight is 179 g/mol. The predicted molar refractivity (Wildman–Crippen MR) is 55.1 cm³/mol. The Hall–Kier alpha value is -0.510. The lowest BCUT2D eigenvalue weighted by atomic mass is 9.64. The van der Waals surface area contributed by atoms with Crippen molar-refractivity contribution in [1.29, 1.82) is 5.26 Å². The normalized spacial score (nSPS) is 28.1. The molecule has 13 heavy (non-hydrogen) atoms. The van der Waals surface area contributed by atoms with Crippen molar-refractivity contribution < 1.29 is 0 Å². The molecule has 1 aliphatic rings. The smallest absolute Gasteiger partial charge is 0.0686 e. The van der Waals surface area contributed by atoms with E-state index in [9.17, 15) is 0 Å². The van der Waals surface area contributed by atoms with Gasteiger partial charge in [0, 0.05) is 0 Å². The van der Waals surface area contributed by atoms with Gasteiger partial charge < -0.3 is 0 Å². The van der Waals surface area contributed by atoms with Crippen LogP contribution in [0.2, 0.25) is 0 Å². The topological polar surface area (TPSA) is 23.8 Å². The molecule has 0 aromatic carbocycles. The van der Waals surface area contributed by atoms with Crippen LogP contribution in [0, 0.1) is 28.1 Å². The number of rotatable bonds is 1. The first kappa shape index (κ1) is 10.6. The van der Waals surface area contributed by atoms with E-state index < -0.39 is 0 Å². The lowest BCUT2D eigenvalue weighted by molar-refractivity contribution is 0.116. The summed E-state index contributed by atoms with van der Waals surface area (Å²) >= 11 is 0. The number of nitriles is 1. The largest absolute Gasteiger partial charge is 0.198 e. The minimum Gasteiger partial charge on any atom is -0.198 e. The fraction of sp³-hybridized carbons (Fsp3) is 0.917. The second-order valence-electron chi connectivity index (χ2n) is 5.79. The molecule has 0 N–H and O–H groups in total. The first-order valence-corrected chi connectivity index (χ1v) is 5.29. The summed E-state index contributed by atoms with van der Waals surface area (Å²) in [5, 5.41) is 9.07. The first-order valence-electron chi connectivity index (χ1n) is 5.29. The zero-order chi connectivity index (χ0) is 10.1. The van der Waals surface area contributed by atoms with Crippen LogP contribution in [0.4, 0.5) is 0 Å². The molecule has 74 valence electrons. The Kier molecular flexibility index (Phi) is 2.71. The molecule has 1 atom stereocenters. The van der Waals surface area contributed by atoms with E-state index in [2.05, 4.69) is 33.8 Å². The molecule has 0 radical (unpaired) electrons. The summed E-state index contributed by atoms with van der Waals surface area (Å²) in [6, 6.07) is 2.45. The molecule has 0 spiro atoms. The Morgan fingerprint density at radius 1 is 1.38 bits per heavy atom. The third-order valence-corrected chi connectivity index (χ3v) is 3.51. The number of nitrogens with zero attached hydrogens (tertiary/aromatic N) is 1. The Bertz CT molecular complexity index is 220. The van der Waals surface area contributed by atoms with Gasteiger partial charge in [0.05, 0.1) is 11.5 Å². The van der Waals surface area contributed by atoms with Gasteiger partial charge in [0.2, 0.25) is 0 Å². The summed E-state index contributed by atoms with van der Waals surface area (Å²) in [4.78, 5) is 0. The fourth-order valence-electron chi connectivity index (χ4n) is 2.41. The predicted octanol–water partition coefficient (Wildman–Crippen LogP) is 3.75. The molecule has 1 saturated carbocycles. The van der Waals surface area contributed by atoms with Crippen LogP contribution in [0.1, 0.15) is 53.4 Å². The lowest BCUT2D eigenvalue weighted by Gasteiger charge is -2.40. The molecule has 0 aliphatic heterocycles. The Morgan fingerprint density at radius 2 is 2.00 bits per heavy atom. The van der Waals surface area contributed by atoms with Crippen molar-refractivity contribution >= 4 is 0 Å². The minimum absolute atomic E-state index is 0.127. The zero-order valence-electron chi connectivity index (χ0n) is 9.35. The van der Waals surface area contributed by atoms with Crippen molar-refractivity contribution in [1.82, 2.24) is 0 Å². The maximum atomic E-state index is 9.07. The average Bonchev–Trinajstić information content (AvgIpc) is 2.03. The van der Waals surface area contributed by atoms with E-state index in [-0.39, 0.29) is 5.41 Å². The van der Waals surface area contributed by atoms with Gasteiger partial charge in [-0.25, -0.2) is 0 Å². The van der Waals surface area contributed by atoms with E-state index in [0.29, 0.717) is 11.3 Å². The van der Waals surface area contributed by atoms with Crippen molar-refractivity contribution in [2.24, 2.45) is 16.7 Å². The monoisotopic (exact) mass is 179 g/mol.